The molecule has 0 aliphatic heterocycles. The highest BCUT2D eigenvalue weighted by Crippen LogP contribution is 2.02. The van der Waals surface area contributed by atoms with Gasteiger partial charge in [-0.15, -0.1) is 0 Å². The van der Waals surface area contributed by atoms with E-state index in [1.807, 2.05) is 13.8 Å². The van der Waals surface area contributed by atoms with E-state index in [1.165, 1.54) is 0 Å². The van der Waals surface area contributed by atoms with Crippen molar-refractivity contribution in [2.45, 2.75) is 39.7 Å². The van der Waals surface area contributed by atoms with Crippen LogP contribution in [0.2, 0.25) is 0 Å². The van der Waals surface area contributed by atoms with Gasteiger partial charge in [0.1, 0.15) is 0 Å². The molecule has 0 fully saturated rings. The molecule has 72 valence electrons. The summed E-state index contributed by atoms with van der Waals surface area (Å²) in [5.41, 5.74) is 5.43. The maximum atomic E-state index is 11.1. The lowest BCUT2D eigenvalue weighted by Gasteiger charge is -2.10. The van der Waals surface area contributed by atoms with Crippen molar-refractivity contribution in [2.24, 2.45) is 11.7 Å². The van der Waals surface area contributed by atoms with Crippen molar-refractivity contribution in [1.82, 2.24) is 5.32 Å². The lowest BCUT2D eigenvalue weighted by Crippen LogP contribution is -2.30. The molecule has 1 unspecified atom stereocenters. The molecule has 0 aliphatic carbocycles. The first-order valence-corrected chi connectivity index (χ1v) is 4.55. The third-order valence-corrected chi connectivity index (χ3v) is 1.72. The zero-order valence-electron chi connectivity index (χ0n) is 8.26. The summed E-state index contributed by atoms with van der Waals surface area (Å²) in [7, 11) is 0. The molecule has 0 bridgehead atoms. The molecule has 0 heterocycles. The number of nitrogens with two attached hydrogens (primary N) is 1. The van der Waals surface area contributed by atoms with E-state index in [1.54, 1.807) is 0 Å². The van der Waals surface area contributed by atoms with Crippen LogP contribution >= 0.6 is 0 Å². The van der Waals surface area contributed by atoms with Gasteiger partial charge in [0.25, 0.3) is 0 Å². The van der Waals surface area contributed by atoms with Crippen molar-refractivity contribution in [3.05, 3.63) is 0 Å². The van der Waals surface area contributed by atoms with Gasteiger partial charge in [-0.2, -0.15) is 0 Å². The van der Waals surface area contributed by atoms with Crippen LogP contribution in [0.1, 0.15) is 33.6 Å². The standard InChI is InChI=1S/C9H20N2O/c1-7(2)11-9(12)5-4-8(3)6-10/h7-8H,4-6,10H2,1-3H3,(H,11,12). The first kappa shape index (κ1) is 11.4. The number of nitrogens with one attached hydrogen (secondary N) is 1. The molecule has 0 saturated carbocycles. The van der Waals surface area contributed by atoms with Gasteiger partial charge in [-0.05, 0) is 32.7 Å². The van der Waals surface area contributed by atoms with E-state index in [2.05, 4.69) is 12.2 Å². The van der Waals surface area contributed by atoms with E-state index >= 15 is 0 Å². The van der Waals surface area contributed by atoms with Crippen LogP contribution in [-0.2, 0) is 4.79 Å². The molecule has 3 N–H and O–H groups in total. The third kappa shape index (κ3) is 6.16. The van der Waals surface area contributed by atoms with Crippen molar-refractivity contribution in [2.75, 3.05) is 6.54 Å². The Balaban J connectivity index is 3.44. The zero-order chi connectivity index (χ0) is 9.56. The van der Waals surface area contributed by atoms with Gasteiger partial charge in [0.15, 0.2) is 0 Å². The summed E-state index contributed by atoms with van der Waals surface area (Å²) < 4.78 is 0. The molecule has 0 rings (SSSR count). The molecule has 0 aromatic heterocycles. The molecule has 0 aromatic carbocycles. The second-order valence-electron chi connectivity index (χ2n) is 3.60. The molecule has 1 amide bonds. The van der Waals surface area contributed by atoms with Crippen molar-refractivity contribution >= 4 is 5.91 Å². The molecule has 0 saturated heterocycles. The minimum absolute atomic E-state index is 0.130. The van der Waals surface area contributed by atoms with E-state index in [0.29, 0.717) is 18.9 Å². The SMILES string of the molecule is CC(CN)CCC(=O)NC(C)C. The Morgan fingerprint density at radius 3 is 2.42 bits per heavy atom. The summed E-state index contributed by atoms with van der Waals surface area (Å²) >= 11 is 0. The van der Waals surface area contributed by atoms with Crippen LogP contribution in [0.25, 0.3) is 0 Å². The molecule has 0 aliphatic rings. The summed E-state index contributed by atoms with van der Waals surface area (Å²) in [6, 6.07) is 0.241. The number of carbonyl (C=O) groups is 1. The molecule has 0 aromatic rings. The Labute approximate surface area is 74.7 Å². The number of amides is 1. The number of hydrogen-bond donors (Lipinski definition) is 2. The van der Waals surface area contributed by atoms with Crippen LogP contribution in [-0.4, -0.2) is 18.5 Å². The molecule has 3 heteroatoms. The monoisotopic (exact) mass is 172 g/mol. The summed E-state index contributed by atoms with van der Waals surface area (Å²) in [5, 5.41) is 2.84. The molecule has 0 spiro atoms. The fourth-order valence-electron chi connectivity index (χ4n) is 0.889. The Kier molecular flexibility index (Phi) is 5.72. The predicted octanol–water partition coefficient (Wildman–Crippen LogP) is 0.886. The van der Waals surface area contributed by atoms with Crippen LogP contribution in [0.3, 0.4) is 0 Å². The van der Waals surface area contributed by atoms with Gasteiger partial charge in [-0.25, -0.2) is 0 Å². The van der Waals surface area contributed by atoms with Gasteiger partial charge >= 0.3 is 0 Å². The Bertz CT molecular complexity index is 134. The highest BCUT2D eigenvalue weighted by molar-refractivity contribution is 5.76. The summed E-state index contributed by atoms with van der Waals surface area (Å²) in [6.07, 6.45) is 1.48. The van der Waals surface area contributed by atoms with Crippen LogP contribution in [0.4, 0.5) is 0 Å². The summed E-state index contributed by atoms with van der Waals surface area (Å²) in [6.45, 7) is 6.64. The average molecular weight is 172 g/mol. The van der Waals surface area contributed by atoms with Crippen molar-refractivity contribution in [3.63, 3.8) is 0 Å². The Morgan fingerprint density at radius 2 is 2.00 bits per heavy atom. The number of hydrogen-bond acceptors (Lipinski definition) is 2. The highest BCUT2D eigenvalue weighted by atomic mass is 16.1. The van der Waals surface area contributed by atoms with Crippen molar-refractivity contribution in [3.8, 4) is 0 Å². The van der Waals surface area contributed by atoms with Gasteiger partial charge in [0.05, 0.1) is 0 Å². The first-order valence-electron chi connectivity index (χ1n) is 4.55. The minimum Gasteiger partial charge on any atom is -0.354 e. The minimum atomic E-state index is 0.130. The Morgan fingerprint density at radius 1 is 1.42 bits per heavy atom. The lowest BCUT2D eigenvalue weighted by atomic mass is 10.1. The van der Waals surface area contributed by atoms with E-state index in [0.717, 1.165) is 6.42 Å². The maximum Gasteiger partial charge on any atom is 0.220 e. The largest absolute Gasteiger partial charge is 0.354 e. The third-order valence-electron chi connectivity index (χ3n) is 1.72. The van der Waals surface area contributed by atoms with Gasteiger partial charge in [0.2, 0.25) is 5.91 Å². The van der Waals surface area contributed by atoms with Crippen LogP contribution in [0.15, 0.2) is 0 Å². The van der Waals surface area contributed by atoms with Crippen LogP contribution in [0, 0.1) is 5.92 Å². The fourth-order valence-corrected chi connectivity index (χ4v) is 0.889. The molecular formula is C9H20N2O. The first-order chi connectivity index (χ1) is 5.56. The smallest absolute Gasteiger partial charge is 0.220 e. The fraction of sp³-hybridized carbons (Fsp3) is 0.889. The molecule has 12 heavy (non-hydrogen) atoms. The van der Waals surface area contributed by atoms with Gasteiger partial charge in [-0.3, -0.25) is 4.79 Å². The Hall–Kier alpha value is -0.570. The topological polar surface area (TPSA) is 55.1 Å². The second kappa shape index (κ2) is 6.00. The summed E-state index contributed by atoms with van der Waals surface area (Å²) in [5.74, 6) is 0.577. The molecule has 3 nitrogen and oxygen atoms in total. The zero-order valence-corrected chi connectivity index (χ0v) is 8.26. The van der Waals surface area contributed by atoms with Crippen LogP contribution in [0.5, 0.6) is 0 Å². The number of rotatable bonds is 5. The van der Waals surface area contributed by atoms with E-state index in [9.17, 15) is 4.79 Å². The quantitative estimate of drug-likeness (QED) is 0.647. The van der Waals surface area contributed by atoms with Gasteiger partial charge < -0.3 is 11.1 Å². The predicted molar refractivity (Wildman–Crippen MR) is 50.7 cm³/mol. The van der Waals surface area contributed by atoms with Crippen molar-refractivity contribution in [1.29, 1.82) is 0 Å². The van der Waals surface area contributed by atoms with E-state index in [-0.39, 0.29) is 11.9 Å². The average Bonchev–Trinajstić information content (AvgIpc) is 1.99. The highest BCUT2D eigenvalue weighted by Gasteiger charge is 2.05. The molecule has 1 atom stereocenters. The number of carbonyl (C=O) groups excluding carboxylic acids is 1. The normalized spacial score (nSPS) is 13.1. The second-order valence-corrected chi connectivity index (χ2v) is 3.60. The maximum absolute atomic E-state index is 11.1. The van der Waals surface area contributed by atoms with Gasteiger partial charge in [-0.1, -0.05) is 6.92 Å². The van der Waals surface area contributed by atoms with Crippen LogP contribution < -0.4 is 11.1 Å². The summed E-state index contributed by atoms with van der Waals surface area (Å²) in [4.78, 5) is 11.1. The molecule has 0 radical (unpaired) electrons. The molecular weight excluding hydrogens is 152 g/mol. The lowest BCUT2D eigenvalue weighted by molar-refractivity contribution is -0.121. The van der Waals surface area contributed by atoms with Gasteiger partial charge in [0, 0.05) is 12.5 Å². The van der Waals surface area contributed by atoms with E-state index in [4.69, 9.17) is 5.73 Å². The van der Waals surface area contributed by atoms with E-state index < -0.39 is 0 Å². The van der Waals surface area contributed by atoms with Crippen molar-refractivity contribution < 1.29 is 4.79 Å².